The fourth-order valence-electron chi connectivity index (χ4n) is 1.97. The van der Waals surface area contributed by atoms with Gasteiger partial charge in [0.25, 0.3) is 0 Å². The summed E-state index contributed by atoms with van der Waals surface area (Å²) >= 11 is 0. The SMILES string of the molecule is CC(=O)N[C@@H](CCCCN)C(=O)[O-].CC(=O)N[C@@H](CCCCN)C(=O)[O-].[Zn+2]. The summed E-state index contributed by atoms with van der Waals surface area (Å²) in [7, 11) is 0. The molecule has 0 rings (SSSR count). The third-order valence-electron chi connectivity index (χ3n) is 3.22. The van der Waals surface area contributed by atoms with Crippen molar-refractivity contribution in [2.24, 2.45) is 11.5 Å². The number of amides is 2. The van der Waals surface area contributed by atoms with Crippen molar-refractivity contribution in [3.63, 3.8) is 0 Å². The minimum absolute atomic E-state index is 0. The van der Waals surface area contributed by atoms with Crippen molar-refractivity contribution >= 4 is 23.8 Å². The van der Waals surface area contributed by atoms with Gasteiger partial charge in [0, 0.05) is 13.8 Å². The van der Waals surface area contributed by atoms with E-state index in [0.717, 1.165) is 12.8 Å². The second-order valence-electron chi connectivity index (χ2n) is 5.71. The Morgan fingerprint density at radius 2 is 1.04 bits per heavy atom. The number of nitrogens with two attached hydrogens (primary N) is 2. The first kappa shape index (κ1) is 30.2. The molecule has 0 saturated heterocycles. The topological polar surface area (TPSA) is 190 Å². The minimum atomic E-state index is -1.24. The Bertz CT molecular complexity index is 411. The molecule has 0 heterocycles. The number of aliphatic carboxylic acids is 2. The molecule has 0 saturated carbocycles. The largest absolute Gasteiger partial charge is 2.00 e. The molecule has 0 aliphatic heterocycles. The van der Waals surface area contributed by atoms with Gasteiger partial charge in [-0.2, -0.15) is 0 Å². The molecule has 0 unspecified atom stereocenters. The molecular weight excluding hydrogens is 410 g/mol. The summed E-state index contributed by atoms with van der Waals surface area (Å²) in [6, 6.07) is -1.77. The predicted octanol–water partition coefficient (Wildman–Crippen LogP) is -3.26. The van der Waals surface area contributed by atoms with Gasteiger partial charge in [-0.3, -0.25) is 9.59 Å². The number of carbonyl (C=O) groups is 4. The molecule has 10 nitrogen and oxygen atoms in total. The fourth-order valence-corrected chi connectivity index (χ4v) is 1.97. The normalized spacial score (nSPS) is 11.7. The van der Waals surface area contributed by atoms with Crippen LogP contribution in [0.1, 0.15) is 52.4 Å². The van der Waals surface area contributed by atoms with E-state index < -0.39 is 24.0 Å². The van der Waals surface area contributed by atoms with E-state index in [1.165, 1.54) is 13.8 Å². The summed E-state index contributed by atoms with van der Waals surface area (Å²) in [5.74, 6) is -3.21. The zero-order chi connectivity index (χ0) is 20.5. The molecule has 6 N–H and O–H groups in total. The molecule has 0 aliphatic rings. The molecule has 0 radical (unpaired) electrons. The Labute approximate surface area is 172 Å². The maximum absolute atomic E-state index is 10.6. The maximum Gasteiger partial charge on any atom is 2.00 e. The van der Waals surface area contributed by atoms with Crippen LogP contribution in [0, 0.1) is 0 Å². The van der Waals surface area contributed by atoms with E-state index in [0.29, 0.717) is 38.8 Å². The van der Waals surface area contributed by atoms with Gasteiger partial charge in [0.1, 0.15) is 0 Å². The van der Waals surface area contributed by atoms with Crippen LogP contribution in [0.5, 0.6) is 0 Å². The third kappa shape index (κ3) is 20.6. The number of carboxylic acids is 2. The van der Waals surface area contributed by atoms with Gasteiger partial charge < -0.3 is 41.9 Å². The van der Waals surface area contributed by atoms with E-state index in [9.17, 15) is 29.4 Å². The zero-order valence-corrected chi connectivity index (χ0v) is 19.1. The van der Waals surface area contributed by atoms with E-state index in [-0.39, 0.29) is 31.3 Å². The summed E-state index contributed by atoms with van der Waals surface area (Å²) in [5.41, 5.74) is 10.5. The van der Waals surface area contributed by atoms with Gasteiger partial charge in [-0.05, 0) is 51.6 Å². The summed E-state index contributed by atoms with van der Waals surface area (Å²) < 4.78 is 0. The van der Waals surface area contributed by atoms with Crippen LogP contribution in [0.15, 0.2) is 0 Å². The average molecular weight is 440 g/mol. The van der Waals surface area contributed by atoms with Crippen LogP contribution in [0.2, 0.25) is 0 Å². The average Bonchev–Trinajstić information content (AvgIpc) is 2.53. The van der Waals surface area contributed by atoms with Gasteiger partial charge in [0.2, 0.25) is 11.8 Å². The number of hydrogen-bond donors (Lipinski definition) is 4. The zero-order valence-electron chi connectivity index (χ0n) is 16.1. The summed E-state index contributed by atoms with van der Waals surface area (Å²) in [5, 5.41) is 25.5. The van der Waals surface area contributed by atoms with E-state index in [2.05, 4.69) is 10.6 Å². The quantitative estimate of drug-likeness (QED) is 0.180. The van der Waals surface area contributed by atoms with Crippen molar-refractivity contribution in [2.45, 2.75) is 64.5 Å². The maximum atomic E-state index is 10.6. The van der Waals surface area contributed by atoms with Crippen molar-refractivity contribution in [3.05, 3.63) is 0 Å². The second-order valence-corrected chi connectivity index (χ2v) is 5.71. The van der Waals surface area contributed by atoms with E-state index in [1.54, 1.807) is 0 Å². The molecule has 0 aromatic rings. The van der Waals surface area contributed by atoms with Gasteiger partial charge >= 0.3 is 19.5 Å². The number of carbonyl (C=O) groups excluding carboxylic acids is 4. The molecule has 0 spiro atoms. The van der Waals surface area contributed by atoms with Gasteiger partial charge in [-0.15, -0.1) is 0 Å². The number of unbranched alkanes of at least 4 members (excludes halogenated alkanes) is 2. The molecule has 27 heavy (non-hydrogen) atoms. The molecule has 0 fully saturated rings. The van der Waals surface area contributed by atoms with Crippen molar-refractivity contribution in [1.82, 2.24) is 10.6 Å². The first-order valence-electron chi connectivity index (χ1n) is 8.51. The molecule has 0 aromatic carbocycles. The molecule has 152 valence electrons. The van der Waals surface area contributed by atoms with E-state index >= 15 is 0 Å². The summed E-state index contributed by atoms with van der Waals surface area (Å²) in [6.07, 6.45) is 3.61. The van der Waals surface area contributed by atoms with Crippen LogP contribution in [-0.4, -0.2) is 48.9 Å². The molecule has 0 aromatic heterocycles. The smallest absolute Gasteiger partial charge is 0.548 e. The molecule has 0 aliphatic carbocycles. The predicted molar refractivity (Wildman–Crippen MR) is 91.0 cm³/mol. The van der Waals surface area contributed by atoms with E-state index in [1.807, 2.05) is 0 Å². The molecule has 11 heteroatoms. The van der Waals surface area contributed by atoms with Crippen molar-refractivity contribution in [2.75, 3.05) is 13.1 Å². The monoisotopic (exact) mass is 438 g/mol. The molecule has 2 amide bonds. The number of rotatable bonds is 12. The van der Waals surface area contributed by atoms with E-state index in [4.69, 9.17) is 11.5 Å². The standard InChI is InChI=1S/2C8H16N2O3.Zn/c2*1-6(11)10-7(8(12)13)4-2-3-5-9;/h2*7H,2-5,9H2,1H3,(H,10,11)(H,12,13);/q;;+2/p-2/t2*7-;/m00./s1. The van der Waals surface area contributed by atoms with Crippen LogP contribution < -0.4 is 32.3 Å². The Morgan fingerprint density at radius 3 is 1.22 bits per heavy atom. The summed E-state index contributed by atoms with van der Waals surface area (Å²) in [6.45, 7) is 3.61. The minimum Gasteiger partial charge on any atom is -0.548 e. The Morgan fingerprint density at radius 1 is 0.741 bits per heavy atom. The van der Waals surface area contributed by atoms with Crippen molar-refractivity contribution < 1.29 is 48.9 Å². The Kier molecular flexibility index (Phi) is 21.4. The van der Waals surface area contributed by atoms with Gasteiger partial charge in [0.15, 0.2) is 0 Å². The number of hydrogen-bond acceptors (Lipinski definition) is 8. The Balaban J connectivity index is -0.000000411. The van der Waals surface area contributed by atoms with Crippen LogP contribution in [0.3, 0.4) is 0 Å². The first-order valence-corrected chi connectivity index (χ1v) is 8.51. The van der Waals surface area contributed by atoms with Gasteiger partial charge in [0.05, 0.1) is 24.0 Å². The molecule has 2 atom stereocenters. The van der Waals surface area contributed by atoms with Crippen LogP contribution in [-0.2, 0) is 38.7 Å². The Hall–Kier alpha value is -1.58. The fraction of sp³-hybridized carbons (Fsp3) is 0.750. The van der Waals surface area contributed by atoms with Crippen LogP contribution >= 0.6 is 0 Å². The number of nitrogens with one attached hydrogen (secondary N) is 2. The number of carboxylic acid groups (broad SMARTS) is 2. The molecular formula is C16H30N4O6Zn. The first-order chi connectivity index (χ1) is 12.1. The van der Waals surface area contributed by atoms with Crippen molar-refractivity contribution in [3.8, 4) is 0 Å². The summed E-state index contributed by atoms with van der Waals surface area (Å²) in [4.78, 5) is 42.1. The van der Waals surface area contributed by atoms with Gasteiger partial charge in [-0.25, -0.2) is 0 Å². The third-order valence-corrected chi connectivity index (χ3v) is 3.22. The molecule has 0 bridgehead atoms. The van der Waals surface area contributed by atoms with Crippen LogP contribution in [0.25, 0.3) is 0 Å². The van der Waals surface area contributed by atoms with Crippen molar-refractivity contribution in [1.29, 1.82) is 0 Å². The second kappa shape index (κ2) is 19.2. The van der Waals surface area contributed by atoms with Crippen LogP contribution in [0.4, 0.5) is 0 Å². The van der Waals surface area contributed by atoms with Gasteiger partial charge in [-0.1, -0.05) is 0 Å².